The molecule has 0 aromatic carbocycles. The number of nitrogens with zero attached hydrogens (tertiary/aromatic N) is 3. The molecule has 0 amide bonds. The maximum absolute atomic E-state index is 11.3. The van der Waals surface area contributed by atoms with E-state index in [-0.39, 0.29) is 18.6 Å². The molecule has 0 unspecified atom stereocenters. The summed E-state index contributed by atoms with van der Waals surface area (Å²) in [5.41, 5.74) is 8.28. The van der Waals surface area contributed by atoms with Gasteiger partial charge in [0.05, 0.1) is 6.54 Å². The molecular weight excluding hydrogens is 218 g/mol. The third-order valence-corrected chi connectivity index (χ3v) is 2.48. The summed E-state index contributed by atoms with van der Waals surface area (Å²) in [5, 5.41) is 3.49. The first-order chi connectivity index (χ1) is 8.24. The Labute approximate surface area is 103 Å². The number of rotatable bonds is 10. The van der Waals surface area contributed by atoms with Crippen molar-refractivity contribution in [3.8, 4) is 0 Å². The molecule has 0 aromatic heterocycles. The van der Waals surface area contributed by atoms with Crippen LogP contribution >= 0.6 is 0 Å². The second-order valence-electron chi connectivity index (χ2n) is 4.12. The Balaban J connectivity index is 3.95. The van der Waals surface area contributed by atoms with Crippen molar-refractivity contribution in [1.29, 1.82) is 0 Å². The quantitative estimate of drug-likeness (QED) is 0.191. The number of ether oxygens (including phenoxy) is 1. The highest BCUT2D eigenvalue weighted by atomic mass is 16.5. The van der Waals surface area contributed by atoms with E-state index in [1.807, 2.05) is 6.92 Å². The lowest BCUT2D eigenvalue weighted by Crippen LogP contribution is -2.20. The lowest BCUT2D eigenvalue weighted by molar-refractivity contribution is -0.149. The number of esters is 1. The maximum Gasteiger partial charge on any atom is 0.306 e. The summed E-state index contributed by atoms with van der Waals surface area (Å²) in [7, 11) is 0. The van der Waals surface area contributed by atoms with Crippen molar-refractivity contribution in [2.24, 2.45) is 5.11 Å². The topological polar surface area (TPSA) is 75.1 Å². The average Bonchev–Trinajstić information content (AvgIpc) is 2.31. The molecule has 0 saturated carbocycles. The van der Waals surface area contributed by atoms with Crippen molar-refractivity contribution < 1.29 is 9.53 Å². The van der Waals surface area contributed by atoms with Gasteiger partial charge in [0.25, 0.3) is 0 Å². The predicted octanol–water partition coefficient (Wildman–Crippen LogP) is 3.98. The van der Waals surface area contributed by atoms with E-state index >= 15 is 0 Å². The molecule has 0 N–H and O–H groups in total. The largest absolute Gasteiger partial charge is 0.462 e. The first-order valence-electron chi connectivity index (χ1n) is 6.44. The monoisotopic (exact) mass is 241 g/mol. The minimum Gasteiger partial charge on any atom is -0.462 e. The van der Waals surface area contributed by atoms with Crippen LogP contribution in [0.4, 0.5) is 0 Å². The first kappa shape index (κ1) is 15.8. The third kappa shape index (κ3) is 9.69. The standard InChI is InChI=1S/C12H23N3O2/c1-3-5-6-7-9-11(10-14-15-13)17-12(16)8-4-2/h11H,3-10H2,1-2H3/t11-/m0/s1. The summed E-state index contributed by atoms with van der Waals surface area (Å²) >= 11 is 0. The highest BCUT2D eigenvalue weighted by Crippen LogP contribution is 2.10. The van der Waals surface area contributed by atoms with Crippen LogP contribution in [0, 0.1) is 0 Å². The fourth-order valence-electron chi connectivity index (χ4n) is 1.56. The SMILES string of the molecule is CCCCCC[C@@H](CN=[N+]=[N-])OC(=O)CCC. The fourth-order valence-corrected chi connectivity index (χ4v) is 1.56. The Morgan fingerprint density at radius 2 is 2.06 bits per heavy atom. The molecule has 0 radical (unpaired) electrons. The van der Waals surface area contributed by atoms with E-state index in [9.17, 15) is 4.79 Å². The molecule has 0 spiro atoms. The molecule has 0 saturated heterocycles. The summed E-state index contributed by atoms with van der Waals surface area (Å²) in [6.45, 7) is 4.34. The van der Waals surface area contributed by atoms with Crippen LogP contribution in [0.15, 0.2) is 5.11 Å². The Bertz CT molecular complexity index is 250. The molecule has 0 bridgehead atoms. The molecule has 0 aromatic rings. The Kier molecular flexibility index (Phi) is 10.5. The zero-order valence-electron chi connectivity index (χ0n) is 10.9. The summed E-state index contributed by atoms with van der Waals surface area (Å²) < 4.78 is 5.27. The van der Waals surface area contributed by atoms with Crippen molar-refractivity contribution >= 4 is 5.97 Å². The van der Waals surface area contributed by atoms with E-state index in [1.54, 1.807) is 0 Å². The molecule has 0 rings (SSSR count). The molecule has 0 aliphatic carbocycles. The van der Waals surface area contributed by atoms with Gasteiger partial charge in [0.15, 0.2) is 0 Å². The lowest BCUT2D eigenvalue weighted by Gasteiger charge is -2.15. The van der Waals surface area contributed by atoms with Gasteiger partial charge in [-0.05, 0) is 24.8 Å². The highest BCUT2D eigenvalue weighted by molar-refractivity contribution is 5.69. The zero-order valence-corrected chi connectivity index (χ0v) is 10.9. The Morgan fingerprint density at radius 3 is 2.65 bits per heavy atom. The summed E-state index contributed by atoms with van der Waals surface area (Å²) in [5.74, 6) is -0.193. The normalized spacial score (nSPS) is 11.6. The first-order valence-corrected chi connectivity index (χ1v) is 6.44. The molecule has 5 heteroatoms. The van der Waals surface area contributed by atoms with Crippen LogP contribution in [0.5, 0.6) is 0 Å². The van der Waals surface area contributed by atoms with Gasteiger partial charge < -0.3 is 4.74 Å². The van der Waals surface area contributed by atoms with E-state index in [1.165, 1.54) is 12.8 Å². The van der Waals surface area contributed by atoms with Crippen LogP contribution in [-0.4, -0.2) is 18.6 Å². The van der Waals surface area contributed by atoms with Gasteiger partial charge in [-0.3, -0.25) is 4.79 Å². The van der Waals surface area contributed by atoms with E-state index in [0.717, 1.165) is 25.7 Å². The molecule has 0 heterocycles. The van der Waals surface area contributed by atoms with Crippen LogP contribution in [0.3, 0.4) is 0 Å². The zero-order chi connectivity index (χ0) is 12.9. The number of hydrogen-bond donors (Lipinski definition) is 0. The summed E-state index contributed by atoms with van der Waals surface area (Å²) in [6, 6.07) is 0. The van der Waals surface area contributed by atoms with Gasteiger partial charge in [-0.2, -0.15) is 0 Å². The molecule has 0 aliphatic rings. The average molecular weight is 241 g/mol. The van der Waals surface area contributed by atoms with Gasteiger partial charge >= 0.3 is 5.97 Å². The van der Waals surface area contributed by atoms with E-state index in [2.05, 4.69) is 16.9 Å². The lowest BCUT2D eigenvalue weighted by atomic mass is 10.1. The molecule has 98 valence electrons. The number of hydrogen-bond acceptors (Lipinski definition) is 3. The predicted molar refractivity (Wildman–Crippen MR) is 67.6 cm³/mol. The third-order valence-electron chi connectivity index (χ3n) is 2.48. The van der Waals surface area contributed by atoms with E-state index in [0.29, 0.717) is 6.42 Å². The molecule has 0 aliphatic heterocycles. The van der Waals surface area contributed by atoms with Gasteiger partial charge in [0.1, 0.15) is 6.10 Å². The van der Waals surface area contributed by atoms with Crippen LogP contribution in [-0.2, 0) is 9.53 Å². The summed E-state index contributed by atoms with van der Waals surface area (Å²) in [6.07, 6.45) is 6.27. The van der Waals surface area contributed by atoms with Gasteiger partial charge in [-0.15, -0.1) is 0 Å². The Hall–Kier alpha value is -1.22. The highest BCUT2D eigenvalue weighted by Gasteiger charge is 2.12. The number of azide groups is 1. The van der Waals surface area contributed by atoms with E-state index in [4.69, 9.17) is 10.3 Å². The van der Waals surface area contributed by atoms with Crippen LogP contribution in [0.2, 0.25) is 0 Å². The van der Waals surface area contributed by atoms with Crippen molar-refractivity contribution in [1.82, 2.24) is 0 Å². The fraction of sp³-hybridized carbons (Fsp3) is 0.917. The summed E-state index contributed by atoms with van der Waals surface area (Å²) in [4.78, 5) is 14.1. The van der Waals surface area contributed by atoms with Crippen molar-refractivity contribution in [3.63, 3.8) is 0 Å². The molecule has 0 fully saturated rings. The van der Waals surface area contributed by atoms with Crippen LogP contribution in [0.1, 0.15) is 58.8 Å². The van der Waals surface area contributed by atoms with Crippen molar-refractivity contribution in [2.75, 3.05) is 6.54 Å². The molecule has 1 atom stereocenters. The van der Waals surface area contributed by atoms with Gasteiger partial charge in [-0.1, -0.05) is 38.2 Å². The molecule has 17 heavy (non-hydrogen) atoms. The smallest absolute Gasteiger partial charge is 0.306 e. The van der Waals surface area contributed by atoms with Gasteiger partial charge in [0.2, 0.25) is 0 Å². The minimum absolute atomic E-state index is 0.193. The molecular formula is C12H23N3O2. The van der Waals surface area contributed by atoms with Crippen LogP contribution in [0.25, 0.3) is 10.4 Å². The van der Waals surface area contributed by atoms with Crippen molar-refractivity contribution in [3.05, 3.63) is 10.4 Å². The number of carbonyl (C=O) groups is 1. The second kappa shape index (κ2) is 11.3. The minimum atomic E-state index is -0.248. The van der Waals surface area contributed by atoms with Gasteiger partial charge in [0, 0.05) is 11.3 Å². The molecule has 5 nitrogen and oxygen atoms in total. The number of carbonyl (C=O) groups excluding carboxylic acids is 1. The van der Waals surface area contributed by atoms with E-state index < -0.39 is 0 Å². The van der Waals surface area contributed by atoms with Crippen molar-refractivity contribution in [2.45, 2.75) is 64.9 Å². The Morgan fingerprint density at radius 1 is 1.29 bits per heavy atom. The second-order valence-corrected chi connectivity index (χ2v) is 4.12. The number of unbranched alkanes of at least 4 members (excludes halogenated alkanes) is 3. The van der Waals surface area contributed by atoms with Crippen LogP contribution < -0.4 is 0 Å². The maximum atomic E-state index is 11.3. The van der Waals surface area contributed by atoms with Gasteiger partial charge in [-0.25, -0.2) is 0 Å².